The molecule has 4 nitrogen and oxygen atoms in total. The second-order valence-corrected chi connectivity index (χ2v) is 9.75. The van der Waals surface area contributed by atoms with Crippen LogP contribution in [0.3, 0.4) is 0 Å². The summed E-state index contributed by atoms with van der Waals surface area (Å²) in [7, 11) is -3.80. The normalized spacial score (nSPS) is 13.5. The molecule has 4 rings (SSSR count). The van der Waals surface area contributed by atoms with E-state index >= 15 is 0 Å². The predicted octanol–water partition coefficient (Wildman–Crippen LogP) is 6.40. The van der Waals surface area contributed by atoms with E-state index in [0.29, 0.717) is 12.1 Å². The molecule has 1 aromatic heterocycles. The summed E-state index contributed by atoms with van der Waals surface area (Å²) in [5.41, 5.74) is 3.44. The summed E-state index contributed by atoms with van der Waals surface area (Å²) >= 11 is 0. The SMILES string of the molecule is C=CCO[C@H](c1cn(S(=O)(=O)c2ccc(C)cc2)c2ccccc12)[C@H](C=C)c1ccccc1. The summed E-state index contributed by atoms with van der Waals surface area (Å²) in [6.45, 7) is 10.1. The van der Waals surface area contributed by atoms with E-state index < -0.39 is 16.1 Å². The maximum Gasteiger partial charge on any atom is 0.268 e. The molecular weight excluding hydrogens is 430 g/mol. The van der Waals surface area contributed by atoms with E-state index in [2.05, 4.69) is 13.2 Å². The lowest BCUT2D eigenvalue weighted by Gasteiger charge is -2.25. The highest BCUT2D eigenvalue weighted by atomic mass is 32.2. The average Bonchev–Trinajstić information content (AvgIpc) is 3.23. The quantitative estimate of drug-likeness (QED) is 0.273. The molecule has 0 radical (unpaired) electrons. The van der Waals surface area contributed by atoms with Gasteiger partial charge in [-0.15, -0.1) is 13.2 Å². The maximum absolute atomic E-state index is 13.6. The third-order valence-electron chi connectivity index (χ3n) is 5.75. The van der Waals surface area contributed by atoms with Crippen LogP contribution in [-0.2, 0) is 14.8 Å². The third kappa shape index (κ3) is 4.42. The molecule has 0 N–H and O–H groups in total. The van der Waals surface area contributed by atoms with Gasteiger partial charge in [-0.05, 0) is 30.7 Å². The van der Waals surface area contributed by atoms with Crippen LogP contribution in [0.25, 0.3) is 10.9 Å². The smallest absolute Gasteiger partial charge is 0.268 e. The molecule has 0 amide bonds. The standard InChI is InChI=1S/C28H27NO3S/c1-4-19-32-28(24(5-2)22-11-7-6-8-12-22)26-20-29(27-14-10-9-13-25(26)27)33(30,31)23-17-15-21(3)16-18-23/h4-18,20,24,28H,1-2,19H2,3H3/t24-,28+/m1/s1. The van der Waals surface area contributed by atoms with E-state index in [4.69, 9.17) is 4.74 Å². The van der Waals surface area contributed by atoms with Gasteiger partial charge < -0.3 is 4.74 Å². The lowest BCUT2D eigenvalue weighted by Crippen LogP contribution is -2.14. The van der Waals surface area contributed by atoms with Gasteiger partial charge in [-0.2, -0.15) is 0 Å². The van der Waals surface area contributed by atoms with Crippen LogP contribution in [0.1, 0.15) is 28.7 Å². The number of fused-ring (bicyclic) bond motifs is 1. The number of para-hydroxylation sites is 1. The number of ether oxygens (including phenoxy) is 1. The van der Waals surface area contributed by atoms with Crippen molar-refractivity contribution in [1.29, 1.82) is 0 Å². The van der Waals surface area contributed by atoms with E-state index in [1.165, 1.54) is 3.97 Å². The number of nitrogens with zero attached hydrogens (tertiary/aromatic N) is 1. The van der Waals surface area contributed by atoms with Gasteiger partial charge in [0.15, 0.2) is 0 Å². The summed E-state index contributed by atoms with van der Waals surface area (Å²) in [5, 5.41) is 0.824. The summed E-state index contributed by atoms with van der Waals surface area (Å²) in [6.07, 6.45) is 4.79. The van der Waals surface area contributed by atoms with E-state index in [-0.39, 0.29) is 10.8 Å². The van der Waals surface area contributed by atoms with Gasteiger partial charge in [-0.1, -0.05) is 78.4 Å². The first-order valence-corrected chi connectivity index (χ1v) is 12.2. The molecule has 0 fully saturated rings. The van der Waals surface area contributed by atoms with Crippen molar-refractivity contribution in [3.63, 3.8) is 0 Å². The summed E-state index contributed by atoms with van der Waals surface area (Å²) in [6, 6.07) is 24.4. The summed E-state index contributed by atoms with van der Waals surface area (Å²) < 4.78 is 34.8. The van der Waals surface area contributed by atoms with Crippen LogP contribution in [0.2, 0.25) is 0 Å². The molecule has 0 bridgehead atoms. The molecule has 0 aliphatic carbocycles. The van der Waals surface area contributed by atoms with Crippen molar-refractivity contribution in [3.05, 3.63) is 127 Å². The van der Waals surface area contributed by atoms with Gasteiger partial charge in [-0.25, -0.2) is 12.4 Å². The van der Waals surface area contributed by atoms with Crippen LogP contribution >= 0.6 is 0 Å². The van der Waals surface area contributed by atoms with Gasteiger partial charge in [0, 0.05) is 23.1 Å². The zero-order chi connectivity index (χ0) is 23.4. The average molecular weight is 458 g/mol. The first-order chi connectivity index (χ1) is 16.0. The Bertz CT molecular complexity index is 1370. The molecule has 4 aromatic rings. The molecule has 0 spiro atoms. The third-order valence-corrected chi connectivity index (χ3v) is 7.44. The number of hydrogen-bond donors (Lipinski definition) is 0. The first kappa shape index (κ1) is 22.8. The van der Waals surface area contributed by atoms with E-state index in [1.54, 1.807) is 36.5 Å². The van der Waals surface area contributed by atoms with Crippen LogP contribution in [0, 0.1) is 6.92 Å². The molecule has 0 aliphatic rings. The van der Waals surface area contributed by atoms with Crippen LogP contribution < -0.4 is 0 Å². The molecule has 5 heteroatoms. The molecular formula is C28H27NO3S. The lowest BCUT2D eigenvalue weighted by molar-refractivity contribution is 0.0644. The molecule has 0 saturated heterocycles. The Hall–Kier alpha value is -3.41. The predicted molar refractivity (Wildman–Crippen MR) is 134 cm³/mol. The maximum atomic E-state index is 13.6. The van der Waals surface area contributed by atoms with Crippen LogP contribution in [0.5, 0.6) is 0 Å². The number of aromatic nitrogens is 1. The minimum Gasteiger partial charge on any atom is -0.368 e. The van der Waals surface area contributed by atoms with Crippen LogP contribution in [0.4, 0.5) is 0 Å². The molecule has 3 aromatic carbocycles. The summed E-state index contributed by atoms with van der Waals surface area (Å²) in [4.78, 5) is 0.243. The van der Waals surface area contributed by atoms with Gasteiger partial charge >= 0.3 is 0 Å². The van der Waals surface area contributed by atoms with Crippen LogP contribution in [-0.4, -0.2) is 19.0 Å². The Morgan fingerprint density at radius 2 is 1.61 bits per heavy atom. The second kappa shape index (κ2) is 9.61. The number of rotatable bonds is 9. The first-order valence-electron chi connectivity index (χ1n) is 10.8. The lowest BCUT2D eigenvalue weighted by atomic mass is 9.89. The highest BCUT2D eigenvalue weighted by molar-refractivity contribution is 7.90. The molecule has 1 heterocycles. The van der Waals surface area contributed by atoms with Crippen molar-refractivity contribution in [2.45, 2.75) is 23.8 Å². The van der Waals surface area contributed by atoms with Crippen molar-refractivity contribution >= 4 is 20.9 Å². The van der Waals surface area contributed by atoms with E-state index in [1.807, 2.05) is 67.6 Å². The van der Waals surface area contributed by atoms with Gasteiger partial charge in [0.2, 0.25) is 0 Å². The fourth-order valence-electron chi connectivity index (χ4n) is 4.09. The van der Waals surface area contributed by atoms with Crippen molar-refractivity contribution in [3.8, 4) is 0 Å². The Kier molecular flexibility index (Phi) is 6.63. The fraction of sp³-hybridized carbons (Fsp3) is 0.143. The van der Waals surface area contributed by atoms with Gasteiger partial charge in [0.25, 0.3) is 10.0 Å². The Morgan fingerprint density at radius 1 is 0.939 bits per heavy atom. The van der Waals surface area contributed by atoms with E-state index in [0.717, 1.165) is 22.1 Å². The van der Waals surface area contributed by atoms with Crippen molar-refractivity contribution in [2.24, 2.45) is 0 Å². The topological polar surface area (TPSA) is 48.3 Å². The molecule has 0 unspecified atom stereocenters. The fourth-order valence-corrected chi connectivity index (χ4v) is 5.47. The van der Waals surface area contributed by atoms with Crippen molar-refractivity contribution < 1.29 is 13.2 Å². The zero-order valence-corrected chi connectivity index (χ0v) is 19.4. The minimum absolute atomic E-state index is 0.174. The number of hydrogen-bond acceptors (Lipinski definition) is 3. The van der Waals surface area contributed by atoms with Crippen LogP contribution in [0.15, 0.2) is 115 Å². The number of benzene rings is 3. The van der Waals surface area contributed by atoms with Gasteiger partial charge in [-0.3, -0.25) is 0 Å². The largest absolute Gasteiger partial charge is 0.368 e. The molecule has 168 valence electrons. The van der Waals surface area contributed by atoms with Gasteiger partial charge in [0.05, 0.1) is 23.1 Å². The Morgan fingerprint density at radius 3 is 2.27 bits per heavy atom. The molecule has 0 aliphatic heterocycles. The summed E-state index contributed by atoms with van der Waals surface area (Å²) in [5.74, 6) is -0.174. The molecule has 33 heavy (non-hydrogen) atoms. The second-order valence-electron chi connectivity index (χ2n) is 7.93. The Balaban J connectivity index is 1.91. The highest BCUT2D eigenvalue weighted by Crippen LogP contribution is 2.40. The Labute approximate surface area is 195 Å². The molecule has 2 atom stereocenters. The molecule has 0 saturated carbocycles. The highest BCUT2D eigenvalue weighted by Gasteiger charge is 2.29. The zero-order valence-electron chi connectivity index (χ0n) is 18.6. The van der Waals surface area contributed by atoms with Gasteiger partial charge in [0.1, 0.15) is 0 Å². The number of aryl methyl sites for hydroxylation is 1. The van der Waals surface area contributed by atoms with Crippen molar-refractivity contribution in [1.82, 2.24) is 3.97 Å². The minimum atomic E-state index is -3.80. The van der Waals surface area contributed by atoms with E-state index in [9.17, 15) is 8.42 Å². The monoisotopic (exact) mass is 457 g/mol. The van der Waals surface area contributed by atoms with Crippen molar-refractivity contribution in [2.75, 3.05) is 6.61 Å².